The molecule has 5 nitrogen and oxygen atoms in total. The van der Waals surface area contributed by atoms with E-state index < -0.39 is 12.0 Å². The van der Waals surface area contributed by atoms with E-state index in [0.717, 1.165) is 4.57 Å². The number of aromatic nitrogens is 2. The summed E-state index contributed by atoms with van der Waals surface area (Å²) in [7, 11) is 0. The molecule has 1 atom stereocenters. The number of nitrogens with zero attached hydrogens (tertiary/aromatic N) is 2. The van der Waals surface area contributed by atoms with Crippen molar-refractivity contribution in [3.63, 3.8) is 0 Å². The fraction of sp³-hybridized carbons (Fsp3) is 0.222. The summed E-state index contributed by atoms with van der Waals surface area (Å²) >= 11 is 1.36. The van der Waals surface area contributed by atoms with Gasteiger partial charge >= 0.3 is 5.97 Å². The molecular formula is C9H8N2O3S. The Balaban J connectivity index is 2.67. The molecule has 0 spiro atoms. The summed E-state index contributed by atoms with van der Waals surface area (Å²) in [6.45, 7) is 1.45. The van der Waals surface area contributed by atoms with Crippen LogP contribution in [0.15, 0.2) is 22.6 Å². The molecule has 0 bridgehead atoms. The van der Waals surface area contributed by atoms with E-state index in [-0.39, 0.29) is 5.56 Å². The second-order valence-electron chi connectivity index (χ2n) is 3.11. The van der Waals surface area contributed by atoms with Crippen LogP contribution >= 0.6 is 11.3 Å². The van der Waals surface area contributed by atoms with Gasteiger partial charge in [-0.25, -0.2) is 9.78 Å². The summed E-state index contributed by atoms with van der Waals surface area (Å²) in [5.41, 5.74) is -0.309. The van der Waals surface area contributed by atoms with Crippen molar-refractivity contribution in [1.29, 1.82) is 0 Å². The third kappa shape index (κ3) is 1.52. The van der Waals surface area contributed by atoms with Crippen LogP contribution in [0.3, 0.4) is 0 Å². The van der Waals surface area contributed by atoms with Crippen LogP contribution in [0.1, 0.15) is 13.0 Å². The lowest BCUT2D eigenvalue weighted by atomic mass is 10.3. The van der Waals surface area contributed by atoms with Gasteiger partial charge < -0.3 is 5.11 Å². The van der Waals surface area contributed by atoms with Crippen molar-refractivity contribution < 1.29 is 9.90 Å². The molecule has 1 unspecified atom stereocenters. The third-order valence-electron chi connectivity index (χ3n) is 2.18. The molecule has 15 heavy (non-hydrogen) atoms. The molecule has 2 aromatic rings. The number of rotatable bonds is 2. The Morgan fingerprint density at radius 3 is 3.07 bits per heavy atom. The maximum absolute atomic E-state index is 11.8. The van der Waals surface area contributed by atoms with Gasteiger partial charge in [0.1, 0.15) is 10.9 Å². The molecule has 0 aliphatic rings. The van der Waals surface area contributed by atoms with E-state index in [2.05, 4.69) is 4.98 Å². The zero-order valence-corrected chi connectivity index (χ0v) is 8.69. The number of hydrogen-bond donors (Lipinski definition) is 1. The average molecular weight is 224 g/mol. The number of thiophene rings is 1. The van der Waals surface area contributed by atoms with Crippen molar-refractivity contribution in [3.8, 4) is 0 Å². The molecule has 78 valence electrons. The maximum Gasteiger partial charge on any atom is 0.326 e. The highest BCUT2D eigenvalue weighted by molar-refractivity contribution is 7.16. The number of aliphatic carboxylic acids is 1. The van der Waals surface area contributed by atoms with Gasteiger partial charge in [-0.05, 0) is 18.4 Å². The van der Waals surface area contributed by atoms with Crippen LogP contribution < -0.4 is 5.56 Å². The van der Waals surface area contributed by atoms with E-state index in [1.54, 1.807) is 11.4 Å². The SMILES string of the molecule is CC(C(=O)O)n1cnc2sccc2c1=O. The molecule has 2 heterocycles. The molecule has 0 saturated carbocycles. The summed E-state index contributed by atoms with van der Waals surface area (Å²) in [5.74, 6) is -1.05. The van der Waals surface area contributed by atoms with Crippen LogP contribution in [-0.4, -0.2) is 20.6 Å². The fourth-order valence-corrected chi connectivity index (χ4v) is 1.99. The smallest absolute Gasteiger partial charge is 0.326 e. The average Bonchev–Trinajstić information content (AvgIpc) is 2.66. The van der Waals surface area contributed by atoms with Crippen molar-refractivity contribution in [3.05, 3.63) is 28.1 Å². The molecule has 2 aromatic heterocycles. The Labute approximate surface area is 88.6 Å². The van der Waals surface area contributed by atoms with Gasteiger partial charge in [0.15, 0.2) is 0 Å². The lowest BCUT2D eigenvalue weighted by molar-refractivity contribution is -0.140. The first-order valence-electron chi connectivity index (χ1n) is 4.28. The minimum Gasteiger partial charge on any atom is -0.480 e. The summed E-state index contributed by atoms with van der Waals surface area (Å²) in [4.78, 5) is 27.2. The van der Waals surface area contributed by atoms with E-state index in [9.17, 15) is 9.59 Å². The molecule has 0 aliphatic heterocycles. The number of carboxylic acids is 1. The van der Waals surface area contributed by atoms with Crippen molar-refractivity contribution in [1.82, 2.24) is 9.55 Å². The monoisotopic (exact) mass is 224 g/mol. The summed E-state index contributed by atoms with van der Waals surface area (Å²) in [5, 5.41) is 11.0. The third-order valence-corrected chi connectivity index (χ3v) is 3.00. The second-order valence-corrected chi connectivity index (χ2v) is 4.01. The van der Waals surface area contributed by atoms with E-state index in [0.29, 0.717) is 10.2 Å². The van der Waals surface area contributed by atoms with Crippen LogP contribution in [0.25, 0.3) is 10.2 Å². The van der Waals surface area contributed by atoms with Gasteiger partial charge in [0.05, 0.1) is 11.7 Å². The van der Waals surface area contributed by atoms with E-state index in [1.165, 1.54) is 24.6 Å². The molecule has 0 fully saturated rings. The fourth-order valence-electron chi connectivity index (χ4n) is 1.27. The van der Waals surface area contributed by atoms with Gasteiger partial charge in [0.2, 0.25) is 0 Å². The molecule has 0 aliphatic carbocycles. The van der Waals surface area contributed by atoms with Gasteiger partial charge in [-0.1, -0.05) is 0 Å². The van der Waals surface area contributed by atoms with Crippen molar-refractivity contribution >= 4 is 27.5 Å². The second kappa shape index (κ2) is 3.47. The Kier molecular flexibility index (Phi) is 2.28. The summed E-state index contributed by atoms with van der Waals surface area (Å²) < 4.78 is 1.12. The van der Waals surface area contributed by atoms with Crippen molar-refractivity contribution in [2.45, 2.75) is 13.0 Å². The van der Waals surface area contributed by atoms with E-state index in [4.69, 9.17) is 5.11 Å². The first-order valence-corrected chi connectivity index (χ1v) is 5.16. The maximum atomic E-state index is 11.8. The first kappa shape index (κ1) is 9.85. The van der Waals surface area contributed by atoms with Crippen LogP contribution in [0.2, 0.25) is 0 Å². The summed E-state index contributed by atoms with van der Waals surface area (Å²) in [6, 6.07) is 0.759. The number of carboxylic acid groups (broad SMARTS) is 1. The molecule has 0 aromatic carbocycles. The molecule has 0 radical (unpaired) electrons. The molecule has 6 heteroatoms. The predicted molar refractivity (Wildman–Crippen MR) is 56.2 cm³/mol. The number of carbonyl (C=O) groups is 1. The molecule has 1 N–H and O–H groups in total. The highest BCUT2D eigenvalue weighted by Gasteiger charge is 2.16. The molecule has 0 amide bonds. The lowest BCUT2D eigenvalue weighted by Crippen LogP contribution is -2.27. The molecular weight excluding hydrogens is 216 g/mol. The Hall–Kier alpha value is -1.69. The lowest BCUT2D eigenvalue weighted by Gasteiger charge is -2.08. The van der Waals surface area contributed by atoms with Crippen molar-refractivity contribution in [2.24, 2.45) is 0 Å². The van der Waals surface area contributed by atoms with Gasteiger partial charge in [0, 0.05) is 0 Å². The standard InChI is InChI=1S/C9H8N2O3S/c1-5(9(13)14)11-4-10-7-6(8(11)12)2-3-15-7/h2-5H,1H3,(H,13,14). The minimum absolute atomic E-state index is 0.309. The number of hydrogen-bond acceptors (Lipinski definition) is 4. The van der Waals surface area contributed by atoms with Crippen LogP contribution in [0.4, 0.5) is 0 Å². The first-order chi connectivity index (χ1) is 7.11. The largest absolute Gasteiger partial charge is 0.480 e. The Morgan fingerprint density at radius 2 is 2.40 bits per heavy atom. The van der Waals surface area contributed by atoms with E-state index in [1.807, 2.05) is 0 Å². The Bertz CT molecular complexity index is 572. The molecule has 2 rings (SSSR count). The minimum atomic E-state index is -1.05. The normalized spacial score (nSPS) is 12.9. The number of fused-ring (bicyclic) bond motifs is 1. The topological polar surface area (TPSA) is 72.2 Å². The van der Waals surface area contributed by atoms with Gasteiger partial charge in [-0.2, -0.15) is 0 Å². The Morgan fingerprint density at radius 1 is 1.67 bits per heavy atom. The van der Waals surface area contributed by atoms with E-state index >= 15 is 0 Å². The zero-order valence-electron chi connectivity index (χ0n) is 7.88. The highest BCUT2D eigenvalue weighted by Crippen LogP contribution is 2.14. The van der Waals surface area contributed by atoms with Gasteiger partial charge in [-0.3, -0.25) is 9.36 Å². The van der Waals surface area contributed by atoms with Crippen molar-refractivity contribution in [2.75, 3.05) is 0 Å². The van der Waals surface area contributed by atoms with Crippen LogP contribution in [0.5, 0.6) is 0 Å². The van der Waals surface area contributed by atoms with Gasteiger partial charge in [0.25, 0.3) is 5.56 Å². The molecule has 0 saturated heterocycles. The summed E-state index contributed by atoms with van der Waals surface area (Å²) in [6.07, 6.45) is 1.28. The quantitative estimate of drug-likeness (QED) is 0.829. The van der Waals surface area contributed by atoms with Gasteiger partial charge in [-0.15, -0.1) is 11.3 Å². The van der Waals surface area contributed by atoms with Crippen LogP contribution in [0, 0.1) is 0 Å². The predicted octanol–water partition coefficient (Wildman–Crippen LogP) is 1.10. The highest BCUT2D eigenvalue weighted by atomic mass is 32.1. The van der Waals surface area contributed by atoms with Crippen LogP contribution in [-0.2, 0) is 4.79 Å². The zero-order chi connectivity index (χ0) is 11.0.